The summed E-state index contributed by atoms with van der Waals surface area (Å²) in [5, 5.41) is 3.25. The maximum absolute atomic E-state index is 3.25. The van der Waals surface area contributed by atoms with Crippen molar-refractivity contribution in [3.63, 3.8) is 0 Å². The topological polar surface area (TPSA) is 12.0 Å². The molecule has 1 unspecified atom stereocenters. The Morgan fingerprint density at radius 3 is 1.83 bits per heavy atom. The Labute approximate surface area is 116 Å². The summed E-state index contributed by atoms with van der Waals surface area (Å²) in [5.74, 6) is 1.02. The van der Waals surface area contributed by atoms with Crippen LogP contribution in [0.25, 0.3) is 0 Å². The van der Waals surface area contributed by atoms with E-state index in [1.165, 1.54) is 83.6 Å². The van der Waals surface area contributed by atoms with Gasteiger partial charge < -0.3 is 5.32 Å². The van der Waals surface area contributed by atoms with Gasteiger partial charge in [0.25, 0.3) is 0 Å². The molecule has 0 amide bonds. The summed E-state index contributed by atoms with van der Waals surface area (Å²) in [6.07, 6.45) is 17.2. The highest BCUT2D eigenvalue weighted by atomic mass is 14.8. The van der Waals surface area contributed by atoms with Gasteiger partial charge in [0.05, 0.1) is 0 Å². The monoisotopic (exact) mass is 255 g/mol. The predicted molar refractivity (Wildman–Crippen MR) is 84.2 cm³/mol. The molecule has 0 fully saturated rings. The first-order valence-corrected chi connectivity index (χ1v) is 8.49. The van der Waals surface area contributed by atoms with Crippen LogP contribution in [-0.2, 0) is 0 Å². The van der Waals surface area contributed by atoms with Crippen LogP contribution in [0.4, 0.5) is 0 Å². The molecule has 1 nitrogen and oxygen atoms in total. The van der Waals surface area contributed by atoms with E-state index in [1.54, 1.807) is 0 Å². The van der Waals surface area contributed by atoms with Crippen LogP contribution < -0.4 is 5.32 Å². The molecule has 1 atom stereocenters. The predicted octanol–water partition coefficient (Wildman–Crippen LogP) is 5.54. The molecule has 1 N–H and O–H groups in total. The minimum Gasteiger partial charge on any atom is -0.320 e. The summed E-state index contributed by atoms with van der Waals surface area (Å²) in [6, 6.07) is 0. The van der Waals surface area contributed by atoms with Crippen LogP contribution in [0.2, 0.25) is 0 Å². The zero-order valence-corrected chi connectivity index (χ0v) is 13.3. The van der Waals surface area contributed by atoms with Gasteiger partial charge in [-0.3, -0.25) is 0 Å². The van der Waals surface area contributed by atoms with E-state index in [9.17, 15) is 0 Å². The maximum atomic E-state index is 3.25. The van der Waals surface area contributed by atoms with E-state index < -0.39 is 0 Å². The summed E-state index contributed by atoms with van der Waals surface area (Å²) in [7, 11) is 2.06. The second kappa shape index (κ2) is 15.0. The second-order valence-corrected chi connectivity index (χ2v) is 5.81. The molecule has 0 aromatic rings. The first kappa shape index (κ1) is 18.0. The molecule has 0 aliphatic heterocycles. The van der Waals surface area contributed by atoms with Crippen LogP contribution >= 0.6 is 0 Å². The van der Waals surface area contributed by atoms with Gasteiger partial charge in [0.1, 0.15) is 0 Å². The number of rotatable bonds is 14. The first-order chi connectivity index (χ1) is 8.85. The lowest BCUT2D eigenvalue weighted by Gasteiger charge is -2.16. The molecular weight excluding hydrogens is 218 g/mol. The van der Waals surface area contributed by atoms with E-state index >= 15 is 0 Å². The van der Waals surface area contributed by atoms with E-state index in [2.05, 4.69) is 26.2 Å². The van der Waals surface area contributed by atoms with Crippen LogP contribution in [-0.4, -0.2) is 13.6 Å². The SMILES string of the molecule is CCCCCCCC(CCCC)CCCCNC. The van der Waals surface area contributed by atoms with Gasteiger partial charge in [-0.2, -0.15) is 0 Å². The Hall–Kier alpha value is -0.0400. The lowest BCUT2D eigenvalue weighted by Crippen LogP contribution is -2.08. The lowest BCUT2D eigenvalue weighted by atomic mass is 9.90. The summed E-state index contributed by atoms with van der Waals surface area (Å²) in [4.78, 5) is 0. The average molecular weight is 255 g/mol. The molecule has 0 aromatic heterocycles. The van der Waals surface area contributed by atoms with Crippen molar-refractivity contribution < 1.29 is 0 Å². The fourth-order valence-corrected chi connectivity index (χ4v) is 2.70. The zero-order valence-electron chi connectivity index (χ0n) is 13.3. The van der Waals surface area contributed by atoms with Crippen LogP contribution in [0.1, 0.15) is 90.9 Å². The Kier molecular flexibility index (Phi) is 15.0. The second-order valence-electron chi connectivity index (χ2n) is 5.81. The van der Waals surface area contributed by atoms with Crippen molar-refractivity contribution in [1.29, 1.82) is 0 Å². The quantitative estimate of drug-likeness (QED) is 0.402. The van der Waals surface area contributed by atoms with Gasteiger partial charge in [-0.05, 0) is 25.9 Å². The van der Waals surface area contributed by atoms with Gasteiger partial charge >= 0.3 is 0 Å². The minimum absolute atomic E-state index is 1.02. The van der Waals surface area contributed by atoms with E-state index in [0.29, 0.717) is 0 Å². The van der Waals surface area contributed by atoms with E-state index in [0.717, 1.165) is 5.92 Å². The molecule has 0 saturated heterocycles. The van der Waals surface area contributed by atoms with Gasteiger partial charge in [0.15, 0.2) is 0 Å². The molecule has 0 saturated carbocycles. The third-order valence-corrected chi connectivity index (χ3v) is 3.97. The number of hydrogen-bond donors (Lipinski definition) is 1. The standard InChI is InChI=1S/C17H37N/c1-4-6-8-9-10-14-17(13-7-5-2)15-11-12-16-18-3/h17-18H,4-16H2,1-3H3. The highest BCUT2D eigenvalue weighted by Crippen LogP contribution is 2.22. The highest BCUT2D eigenvalue weighted by Gasteiger charge is 2.07. The molecule has 0 spiro atoms. The largest absolute Gasteiger partial charge is 0.320 e. The van der Waals surface area contributed by atoms with Crippen molar-refractivity contribution >= 4 is 0 Å². The molecule has 110 valence electrons. The van der Waals surface area contributed by atoms with E-state index in [-0.39, 0.29) is 0 Å². The molecule has 0 aliphatic carbocycles. The van der Waals surface area contributed by atoms with Crippen LogP contribution in [0, 0.1) is 5.92 Å². The third kappa shape index (κ3) is 12.4. The number of hydrogen-bond acceptors (Lipinski definition) is 1. The van der Waals surface area contributed by atoms with Gasteiger partial charge in [0.2, 0.25) is 0 Å². The fourth-order valence-electron chi connectivity index (χ4n) is 2.70. The van der Waals surface area contributed by atoms with Gasteiger partial charge in [-0.15, -0.1) is 0 Å². The van der Waals surface area contributed by atoms with Crippen molar-refractivity contribution in [3.05, 3.63) is 0 Å². The summed E-state index contributed by atoms with van der Waals surface area (Å²) >= 11 is 0. The molecule has 0 rings (SSSR count). The van der Waals surface area contributed by atoms with Crippen molar-refractivity contribution in [2.45, 2.75) is 90.9 Å². The van der Waals surface area contributed by atoms with E-state index in [1.807, 2.05) is 0 Å². The van der Waals surface area contributed by atoms with Crippen molar-refractivity contribution in [2.24, 2.45) is 5.92 Å². The van der Waals surface area contributed by atoms with Crippen LogP contribution in [0.15, 0.2) is 0 Å². The Morgan fingerprint density at radius 2 is 1.22 bits per heavy atom. The first-order valence-electron chi connectivity index (χ1n) is 8.49. The molecule has 0 radical (unpaired) electrons. The Morgan fingerprint density at radius 1 is 0.667 bits per heavy atom. The van der Waals surface area contributed by atoms with Crippen molar-refractivity contribution in [1.82, 2.24) is 5.32 Å². The molecule has 18 heavy (non-hydrogen) atoms. The minimum atomic E-state index is 1.02. The third-order valence-electron chi connectivity index (χ3n) is 3.97. The number of nitrogens with one attached hydrogen (secondary N) is 1. The molecule has 1 heteroatoms. The van der Waals surface area contributed by atoms with Gasteiger partial charge in [-0.25, -0.2) is 0 Å². The van der Waals surface area contributed by atoms with E-state index in [4.69, 9.17) is 0 Å². The lowest BCUT2D eigenvalue weighted by molar-refractivity contribution is 0.373. The zero-order chi connectivity index (χ0) is 13.5. The fraction of sp³-hybridized carbons (Fsp3) is 1.00. The normalized spacial score (nSPS) is 12.8. The average Bonchev–Trinajstić information content (AvgIpc) is 2.39. The smallest absolute Gasteiger partial charge is 0.00519 e. The molecule has 0 heterocycles. The van der Waals surface area contributed by atoms with Gasteiger partial charge in [0, 0.05) is 0 Å². The Bertz CT molecular complexity index is 145. The van der Waals surface area contributed by atoms with Crippen molar-refractivity contribution in [3.8, 4) is 0 Å². The summed E-state index contributed by atoms with van der Waals surface area (Å²) in [5.41, 5.74) is 0. The summed E-state index contributed by atoms with van der Waals surface area (Å²) in [6.45, 7) is 5.81. The van der Waals surface area contributed by atoms with Crippen LogP contribution in [0.3, 0.4) is 0 Å². The molecule has 0 bridgehead atoms. The van der Waals surface area contributed by atoms with Crippen molar-refractivity contribution in [2.75, 3.05) is 13.6 Å². The highest BCUT2D eigenvalue weighted by molar-refractivity contribution is 4.61. The Balaban J connectivity index is 3.56. The molecule has 0 aliphatic rings. The van der Waals surface area contributed by atoms with Gasteiger partial charge in [-0.1, -0.05) is 84.5 Å². The summed E-state index contributed by atoms with van der Waals surface area (Å²) < 4.78 is 0. The molecular formula is C17H37N. The maximum Gasteiger partial charge on any atom is -0.00519 e. The molecule has 0 aromatic carbocycles. The number of unbranched alkanes of at least 4 members (excludes halogenated alkanes) is 6. The van der Waals surface area contributed by atoms with Crippen LogP contribution in [0.5, 0.6) is 0 Å².